The molecule has 0 unspecified atom stereocenters. The van der Waals surface area contributed by atoms with E-state index < -0.39 is 6.09 Å². The normalized spacial score (nSPS) is 11.4. The molecule has 0 aliphatic heterocycles. The monoisotopic (exact) mass is 436 g/mol. The molecule has 5 heteroatoms. The molecule has 1 aliphatic rings. The van der Waals surface area contributed by atoms with Crippen molar-refractivity contribution >= 4 is 6.09 Å². The van der Waals surface area contributed by atoms with Crippen LogP contribution in [0.15, 0.2) is 72.8 Å². The molecular formula is C28H24N2O3. The van der Waals surface area contributed by atoms with Gasteiger partial charge in [-0.1, -0.05) is 60.4 Å². The van der Waals surface area contributed by atoms with Crippen molar-refractivity contribution in [3.8, 4) is 34.8 Å². The van der Waals surface area contributed by atoms with E-state index in [1.807, 2.05) is 54.6 Å². The minimum absolute atomic E-state index is 0.0507. The largest absolute Gasteiger partial charge is 0.493 e. The fourth-order valence-corrected chi connectivity index (χ4v) is 3.89. The third-order valence-electron chi connectivity index (χ3n) is 5.43. The van der Waals surface area contributed by atoms with Gasteiger partial charge >= 0.3 is 6.09 Å². The molecular weight excluding hydrogens is 412 g/mol. The van der Waals surface area contributed by atoms with Gasteiger partial charge in [-0.05, 0) is 46.5 Å². The minimum Gasteiger partial charge on any atom is -0.493 e. The van der Waals surface area contributed by atoms with Gasteiger partial charge < -0.3 is 14.8 Å². The van der Waals surface area contributed by atoms with E-state index in [1.54, 1.807) is 0 Å². The first-order valence-electron chi connectivity index (χ1n) is 10.9. The maximum Gasteiger partial charge on any atom is 0.407 e. The average Bonchev–Trinajstić information content (AvgIpc) is 3.17. The van der Waals surface area contributed by atoms with E-state index in [1.165, 1.54) is 22.3 Å². The molecule has 33 heavy (non-hydrogen) atoms. The third-order valence-corrected chi connectivity index (χ3v) is 5.43. The highest BCUT2D eigenvalue weighted by molar-refractivity contribution is 5.79. The molecule has 0 fully saturated rings. The molecule has 0 bridgehead atoms. The van der Waals surface area contributed by atoms with Gasteiger partial charge in [0.1, 0.15) is 19.0 Å². The van der Waals surface area contributed by atoms with Crippen molar-refractivity contribution < 1.29 is 14.3 Å². The number of hydrogen-bond acceptors (Lipinski definition) is 4. The maximum atomic E-state index is 12.2. The van der Waals surface area contributed by atoms with Crippen LogP contribution in [0.2, 0.25) is 0 Å². The Morgan fingerprint density at radius 1 is 0.909 bits per heavy atom. The summed E-state index contributed by atoms with van der Waals surface area (Å²) in [6, 6.07) is 26.0. The van der Waals surface area contributed by atoms with Crippen LogP contribution in [0, 0.1) is 23.2 Å². The Morgan fingerprint density at radius 2 is 1.58 bits per heavy atom. The lowest BCUT2D eigenvalue weighted by Crippen LogP contribution is -2.26. The van der Waals surface area contributed by atoms with Gasteiger partial charge in [-0.3, -0.25) is 0 Å². The quantitative estimate of drug-likeness (QED) is 0.405. The van der Waals surface area contributed by atoms with E-state index in [0.717, 1.165) is 5.56 Å². The van der Waals surface area contributed by atoms with Gasteiger partial charge in [0.2, 0.25) is 0 Å². The van der Waals surface area contributed by atoms with Crippen molar-refractivity contribution in [2.24, 2.45) is 0 Å². The van der Waals surface area contributed by atoms with Gasteiger partial charge in [-0.2, -0.15) is 5.26 Å². The Labute approximate surface area is 194 Å². The van der Waals surface area contributed by atoms with Crippen LogP contribution >= 0.6 is 0 Å². The van der Waals surface area contributed by atoms with E-state index in [4.69, 9.17) is 14.7 Å². The molecule has 0 spiro atoms. The lowest BCUT2D eigenvalue weighted by Gasteiger charge is -2.14. The zero-order valence-electron chi connectivity index (χ0n) is 18.2. The molecule has 3 aromatic rings. The molecule has 1 N–H and O–H groups in total. The summed E-state index contributed by atoms with van der Waals surface area (Å²) in [5.41, 5.74) is 5.67. The summed E-state index contributed by atoms with van der Waals surface area (Å²) in [4.78, 5) is 12.2. The molecule has 164 valence electrons. The Hall–Kier alpha value is -4.22. The first-order chi connectivity index (χ1) is 16.3. The number of nitrogens with zero attached hydrogens (tertiary/aromatic N) is 1. The molecule has 0 saturated heterocycles. The van der Waals surface area contributed by atoms with Crippen LogP contribution < -0.4 is 10.1 Å². The summed E-state index contributed by atoms with van der Waals surface area (Å²) in [6.07, 6.45) is 0.445. The molecule has 0 radical (unpaired) electrons. The third kappa shape index (κ3) is 5.53. The molecule has 5 nitrogen and oxygen atoms in total. The van der Waals surface area contributed by atoms with E-state index >= 15 is 0 Å². The number of alkyl carbamates (subject to hydrolysis) is 1. The number of carbonyl (C=O) groups is 1. The van der Waals surface area contributed by atoms with Crippen molar-refractivity contribution in [3.63, 3.8) is 0 Å². The molecule has 0 aromatic heterocycles. The van der Waals surface area contributed by atoms with Crippen molar-refractivity contribution in [1.82, 2.24) is 5.32 Å². The van der Waals surface area contributed by atoms with Gasteiger partial charge in [0, 0.05) is 24.4 Å². The second-order valence-corrected chi connectivity index (χ2v) is 7.59. The SMILES string of the molecule is N#CCCOc1ccc(C#CCCNC(=O)OCC2c3ccccc3-c3ccccc32)cc1. The average molecular weight is 437 g/mol. The van der Waals surface area contributed by atoms with Gasteiger partial charge in [-0.25, -0.2) is 4.79 Å². The molecule has 0 atom stereocenters. The number of nitrogens with one attached hydrogen (secondary N) is 1. The van der Waals surface area contributed by atoms with Gasteiger partial charge in [0.25, 0.3) is 0 Å². The Balaban J connectivity index is 1.22. The molecule has 0 heterocycles. The number of benzene rings is 3. The maximum absolute atomic E-state index is 12.2. The van der Waals surface area contributed by atoms with E-state index in [0.29, 0.717) is 38.3 Å². The Kier molecular flexibility index (Phi) is 7.25. The number of fused-ring (bicyclic) bond motifs is 3. The minimum atomic E-state index is -0.433. The number of nitriles is 1. The zero-order valence-corrected chi connectivity index (χ0v) is 18.2. The zero-order chi connectivity index (χ0) is 22.9. The lowest BCUT2D eigenvalue weighted by atomic mass is 9.98. The topological polar surface area (TPSA) is 71.3 Å². The highest BCUT2D eigenvalue weighted by atomic mass is 16.5. The van der Waals surface area contributed by atoms with Crippen LogP contribution in [0.3, 0.4) is 0 Å². The highest BCUT2D eigenvalue weighted by Crippen LogP contribution is 2.44. The second-order valence-electron chi connectivity index (χ2n) is 7.59. The molecule has 4 rings (SSSR count). The van der Waals surface area contributed by atoms with Crippen molar-refractivity contribution in [1.29, 1.82) is 5.26 Å². The predicted molar refractivity (Wildman–Crippen MR) is 127 cm³/mol. The fourth-order valence-electron chi connectivity index (χ4n) is 3.89. The number of hydrogen-bond donors (Lipinski definition) is 1. The van der Waals surface area contributed by atoms with Crippen molar-refractivity contribution in [2.75, 3.05) is 19.8 Å². The van der Waals surface area contributed by atoms with Crippen molar-refractivity contribution in [2.45, 2.75) is 18.8 Å². The smallest absolute Gasteiger partial charge is 0.407 e. The lowest BCUT2D eigenvalue weighted by molar-refractivity contribution is 0.143. The van der Waals surface area contributed by atoms with Crippen molar-refractivity contribution in [3.05, 3.63) is 89.5 Å². The number of rotatable bonds is 7. The van der Waals surface area contributed by atoms with Gasteiger partial charge in [0.15, 0.2) is 0 Å². The van der Waals surface area contributed by atoms with E-state index in [-0.39, 0.29) is 5.92 Å². The van der Waals surface area contributed by atoms with E-state index in [2.05, 4.69) is 41.4 Å². The van der Waals surface area contributed by atoms with Crippen LogP contribution in [0.5, 0.6) is 5.75 Å². The summed E-state index contributed by atoms with van der Waals surface area (Å²) < 4.78 is 11.0. The molecule has 3 aromatic carbocycles. The summed E-state index contributed by atoms with van der Waals surface area (Å²) in [7, 11) is 0. The molecule has 1 amide bonds. The summed E-state index contributed by atoms with van der Waals surface area (Å²) in [6.45, 7) is 1.09. The predicted octanol–water partition coefficient (Wildman–Crippen LogP) is 5.26. The van der Waals surface area contributed by atoms with Crippen LogP contribution in [-0.4, -0.2) is 25.9 Å². The summed E-state index contributed by atoms with van der Waals surface area (Å²) >= 11 is 0. The first-order valence-corrected chi connectivity index (χ1v) is 10.9. The highest BCUT2D eigenvalue weighted by Gasteiger charge is 2.28. The van der Waals surface area contributed by atoms with Gasteiger partial charge in [0.05, 0.1) is 12.5 Å². The number of carbonyl (C=O) groups excluding carboxylic acids is 1. The van der Waals surface area contributed by atoms with Crippen LogP contribution in [-0.2, 0) is 4.74 Å². The van der Waals surface area contributed by atoms with E-state index in [9.17, 15) is 4.79 Å². The first kappa shape index (κ1) is 22.0. The number of ether oxygens (including phenoxy) is 2. The van der Waals surface area contributed by atoms with Crippen LogP contribution in [0.1, 0.15) is 35.4 Å². The summed E-state index contributed by atoms with van der Waals surface area (Å²) in [5.74, 6) is 6.88. The van der Waals surface area contributed by atoms with Crippen LogP contribution in [0.25, 0.3) is 11.1 Å². The summed E-state index contributed by atoms with van der Waals surface area (Å²) in [5, 5.41) is 11.3. The Morgan fingerprint density at radius 3 is 2.24 bits per heavy atom. The molecule has 0 saturated carbocycles. The van der Waals surface area contributed by atoms with Crippen LogP contribution in [0.4, 0.5) is 4.79 Å². The number of amides is 1. The standard InChI is InChI=1S/C28H24N2O3/c29-17-7-19-32-22-15-13-21(14-16-22)8-5-6-18-30-28(31)33-20-27-25-11-3-1-9-23(25)24-10-2-4-12-26(24)27/h1-4,9-16,27H,6-7,18-20H2,(H,30,31). The van der Waals surface area contributed by atoms with Gasteiger partial charge in [-0.15, -0.1) is 0 Å². The second kappa shape index (κ2) is 10.9. The Bertz CT molecular complexity index is 1170. The fraction of sp³-hybridized carbons (Fsp3) is 0.214. The molecule has 1 aliphatic carbocycles.